The smallest absolute Gasteiger partial charge is 0.242 e. The highest BCUT2D eigenvalue weighted by atomic mass is 32.2. The lowest BCUT2D eigenvalue weighted by Crippen LogP contribution is -2.29. The fourth-order valence-corrected chi connectivity index (χ4v) is 4.12. The minimum absolute atomic E-state index is 0.0676. The van der Waals surface area contributed by atoms with Crippen LogP contribution >= 0.6 is 0 Å². The van der Waals surface area contributed by atoms with Gasteiger partial charge < -0.3 is 9.26 Å². The molecule has 11 heteroatoms. The predicted octanol–water partition coefficient (Wildman–Crippen LogP) is 1.88. The van der Waals surface area contributed by atoms with Gasteiger partial charge in [-0.2, -0.15) is 4.98 Å². The van der Waals surface area contributed by atoms with Crippen LogP contribution in [-0.4, -0.2) is 37.5 Å². The minimum atomic E-state index is -4.01. The van der Waals surface area contributed by atoms with Gasteiger partial charge in [0, 0.05) is 18.4 Å². The Morgan fingerprint density at radius 2 is 1.81 bits per heavy atom. The SMILES string of the molecule is COc1ccc(S(=O)(=O)NCc2nc(-c3ccccc3)no2)cc1N1C(=O)CCC1=O. The number of hydrogen-bond donors (Lipinski definition) is 1. The molecule has 1 saturated heterocycles. The van der Waals surface area contributed by atoms with Crippen molar-refractivity contribution in [1.82, 2.24) is 14.9 Å². The molecule has 3 aromatic rings. The number of nitrogens with zero attached hydrogens (tertiary/aromatic N) is 3. The van der Waals surface area contributed by atoms with Crippen molar-refractivity contribution in [2.75, 3.05) is 12.0 Å². The van der Waals surface area contributed by atoms with Gasteiger partial charge in [0.1, 0.15) is 5.75 Å². The number of rotatable bonds is 7. The lowest BCUT2D eigenvalue weighted by Gasteiger charge is -2.18. The molecular weight excluding hydrogens is 424 g/mol. The first-order valence-electron chi connectivity index (χ1n) is 9.30. The van der Waals surface area contributed by atoms with Crippen molar-refractivity contribution in [2.24, 2.45) is 0 Å². The van der Waals surface area contributed by atoms with Crippen LogP contribution in [0.3, 0.4) is 0 Å². The summed E-state index contributed by atoms with van der Waals surface area (Å²) >= 11 is 0. The van der Waals surface area contributed by atoms with Crippen molar-refractivity contribution in [1.29, 1.82) is 0 Å². The number of amides is 2. The zero-order valence-corrected chi connectivity index (χ0v) is 17.3. The molecule has 1 aliphatic rings. The molecule has 2 aromatic carbocycles. The summed E-state index contributed by atoms with van der Waals surface area (Å²) in [6, 6.07) is 13.0. The number of carbonyl (C=O) groups excluding carboxylic acids is 2. The Morgan fingerprint density at radius 1 is 1.10 bits per heavy atom. The summed E-state index contributed by atoms with van der Waals surface area (Å²) in [5, 5.41) is 3.85. The second kappa shape index (κ2) is 8.28. The van der Waals surface area contributed by atoms with Gasteiger partial charge in [0.2, 0.25) is 33.6 Å². The van der Waals surface area contributed by atoms with E-state index in [9.17, 15) is 18.0 Å². The van der Waals surface area contributed by atoms with Gasteiger partial charge in [0.25, 0.3) is 0 Å². The van der Waals surface area contributed by atoms with Crippen LogP contribution in [0.25, 0.3) is 11.4 Å². The molecule has 0 bridgehead atoms. The maximum absolute atomic E-state index is 12.8. The van der Waals surface area contributed by atoms with Gasteiger partial charge in [-0.1, -0.05) is 35.5 Å². The number of aromatic nitrogens is 2. The summed E-state index contributed by atoms with van der Waals surface area (Å²) in [4.78, 5) is 29.2. The first-order valence-corrected chi connectivity index (χ1v) is 10.8. The molecule has 0 radical (unpaired) electrons. The first-order chi connectivity index (χ1) is 14.9. The van der Waals surface area contributed by atoms with E-state index in [0.29, 0.717) is 5.82 Å². The number of methoxy groups -OCH3 is 1. The van der Waals surface area contributed by atoms with Crippen LogP contribution < -0.4 is 14.4 Å². The van der Waals surface area contributed by atoms with Crippen LogP contribution in [0.2, 0.25) is 0 Å². The third kappa shape index (κ3) is 4.18. The van der Waals surface area contributed by atoms with Crippen molar-refractivity contribution in [3.8, 4) is 17.1 Å². The van der Waals surface area contributed by atoms with E-state index < -0.39 is 21.8 Å². The number of benzene rings is 2. The van der Waals surface area contributed by atoms with Crippen molar-refractivity contribution in [3.05, 3.63) is 54.4 Å². The average Bonchev–Trinajstić information content (AvgIpc) is 3.39. The fraction of sp³-hybridized carbons (Fsp3) is 0.200. The zero-order chi connectivity index (χ0) is 22.0. The standard InChI is InChI=1S/C20H18N4O6S/c1-29-16-8-7-14(11-15(16)24-18(25)9-10-19(24)26)31(27,28)21-12-17-22-20(23-30-17)13-5-3-2-4-6-13/h2-8,11,21H,9-10,12H2,1H3. The Balaban J connectivity index is 1.55. The lowest BCUT2D eigenvalue weighted by molar-refractivity contribution is -0.121. The van der Waals surface area contributed by atoms with Gasteiger partial charge in [-0.3, -0.25) is 9.59 Å². The molecule has 10 nitrogen and oxygen atoms in total. The van der Waals surface area contributed by atoms with Crippen LogP contribution in [-0.2, 0) is 26.2 Å². The minimum Gasteiger partial charge on any atom is -0.495 e. The highest BCUT2D eigenvalue weighted by Crippen LogP contribution is 2.34. The summed E-state index contributed by atoms with van der Waals surface area (Å²) in [7, 11) is -2.64. The first kappa shape index (κ1) is 20.7. The predicted molar refractivity (Wildman–Crippen MR) is 108 cm³/mol. The molecule has 2 amide bonds. The molecule has 0 atom stereocenters. The molecule has 31 heavy (non-hydrogen) atoms. The lowest BCUT2D eigenvalue weighted by atomic mass is 10.2. The summed E-state index contributed by atoms with van der Waals surface area (Å²) in [5.74, 6) is -0.184. The molecule has 4 rings (SSSR count). The third-order valence-corrected chi connectivity index (χ3v) is 6.07. The number of imide groups is 1. The maximum atomic E-state index is 12.8. The number of sulfonamides is 1. The van der Waals surface area contributed by atoms with Crippen LogP contribution in [0, 0.1) is 0 Å². The summed E-state index contributed by atoms with van der Waals surface area (Å²) in [6.45, 7) is -0.231. The van der Waals surface area contributed by atoms with E-state index in [1.54, 1.807) is 12.1 Å². The van der Waals surface area contributed by atoms with E-state index in [-0.39, 0.29) is 41.6 Å². The topological polar surface area (TPSA) is 132 Å². The van der Waals surface area contributed by atoms with Crippen LogP contribution in [0.4, 0.5) is 5.69 Å². The van der Waals surface area contributed by atoms with Crippen molar-refractivity contribution in [3.63, 3.8) is 0 Å². The summed E-state index contributed by atoms with van der Waals surface area (Å²) in [6.07, 6.45) is 0.135. The van der Waals surface area contributed by atoms with Gasteiger partial charge >= 0.3 is 0 Å². The van der Waals surface area contributed by atoms with Crippen LogP contribution in [0.15, 0.2) is 57.9 Å². The molecule has 0 aliphatic carbocycles. The number of carbonyl (C=O) groups is 2. The molecule has 0 saturated carbocycles. The second-order valence-corrected chi connectivity index (χ2v) is 8.43. The third-order valence-electron chi connectivity index (χ3n) is 4.67. The highest BCUT2D eigenvalue weighted by molar-refractivity contribution is 7.89. The van der Waals surface area contributed by atoms with Crippen molar-refractivity contribution in [2.45, 2.75) is 24.3 Å². The number of ether oxygens (including phenoxy) is 1. The average molecular weight is 442 g/mol. The molecule has 1 aliphatic heterocycles. The summed E-state index contributed by atoms with van der Waals surface area (Å²) in [5.41, 5.74) is 0.821. The maximum Gasteiger partial charge on any atom is 0.242 e. The Bertz CT molecular complexity index is 1220. The van der Waals surface area contributed by atoms with Crippen LogP contribution in [0.5, 0.6) is 5.75 Å². The summed E-state index contributed by atoms with van der Waals surface area (Å²) < 4.78 is 38.3. The van der Waals surface area contributed by atoms with Crippen LogP contribution in [0.1, 0.15) is 18.7 Å². The van der Waals surface area contributed by atoms with Gasteiger partial charge in [0.05, 0.1) is 24.2 Å². The van der Waals surface area contributed by atoms with E-state index >= 15 is 0 Å². The largest absolute Gasteiger partial charge is 0.495 e. The normalized spacial score (nSPS) is 14.3. The molecule has 1 fully saturated rings. The molecule has 1 N–H and O–H groups in total. The fourth-order valence-electron chi connectivity index (χ4n) is 3.13. The number of hydrogen-bond acceptors (Lipinski definition) is 8. The van der Waals surface area contributed by atoms with Gasteiger partial charge in [-0.15, -0.1) is 0 Å². The van der Waals surface area contributed by atoms with Gasteiger partial charge in [-0.25, -0.2) is 18.0 Å². The quantitative estimate of drug-likeness (QED) is 0.549. The molecule has 1 aromatic heterocycles. The second-order valence-electron chi connectivity index (χ2n) is 6.66. The van der Waals surface area contributed by atoms with Gasteiger partial charge in [-0.05, 0) is 18.2 Å². The Hall–Kier alpha value is -3.57. The van der Waals surface area contributed by atoms with E-state index in [2.05, 4.69) is 14.9 Å². The monoisotopic (exact) mass is 442 g/mol. The van der Waals surface area contributed by atoms with E-state index in [1.807, 2.05) is 18.2 Å². The van der Waals surface area contributed by atoms with E-state index in [4.69, 9.17) is 9.26 Å². The molecule has 0 unspecified atom stereocenters. The molecular formula is C20H18N4O6S. The Labute approximate surface area is 177 Å². The van der Waals surface area contributed by atoms with Crippen molar-refractivity contribution >= 4 is 27.5 Å². The van der Waals surface area contributed by atoms with E-state index in [1.165, 1.54) is 25.3 Å². The van der Waals surface area contributed by atoms with Gasteiger partial charge in [0.15, 0.2) is 0 Å². The van der Waals surface area contributed by atoms with Crippen molar-refractivity contribution < 1.29 is 27.3 Å². The molecule has 2 heterocycles. The molecule has 160 valence electrons. The Morgan fingerprint density at radius 3 is 2.48 bits per heavy atom. The number of nitrogens with one attached hydrogen (secondary N) is 1. The Kier molecular flexibility index (Phi) is 5.53. The molecule has 0 spiro atoms. The van der Waals surface area contributed by atoms with E-state index in [0.717, 1.165) is 10.5 Å². The zero-order valence-electron chi connectivity index (χ0n) is 16.4. The number of anilines is 1. The highest BCUT2D eigenvalue weighted by Gasteiger charge is 2.33.